The quantitative estimate of drug-likeness (QED) is 0.386. The highest BCUT2D eigenvalue weighted by Crippen LogP contribution is 2.46. The lowest BCUT2D eigenvalue weighted by atomic mass is 9.69. The van der Waals surface area contributed by atoms with Gasteiger partial charge in [0, 0.05) is 22.4 Å². The van der Waals surface area contributed by atoms with E-state index in [1.807, 2.05) is 69.3 Å². The van der Waals surface area contributed by atoms with Gasteiger partial charge in [-0.1, -0.05) is 51.1 Å². The number of pyridine rings is 1. The van der Waals surface area contributed by atoms with Crippen molar-refractivity contribution in [1.82, 2.24) is 14.8 Å². The van der Waals surface area contributed by atoms with Crippen molar-refractivity contribution in [2.24, 2.45) is 5.41 Å². The van der Waals surface area contributed by atoms with E-state index in [9.17, 15) is 9.50 Å². The number of fused-ring (bicyclic) bond motifs is 2. The fraction of sp³-hybridized carbons (Fsp3) is 0.185. The SMILES string of the molecule is CC(C)(C)C(O)(c1ccc2c(cnn2-c2ccc(F)cc2)c1)c1nccc2ccccc12. The maximum Gasteiger partial charge on any atom is 0.137 e. The van der Waals surface area contributed by atoms with E-state index >= 15 is 0 Å². The summed E-state index contributed by atoms with van der Waals surface area (Å²) in [5, 5.41) is 19.6. The van der Waals surface area contributed by atoms with E-state index in [1.54, 1.807) is 29.2 Å². The summed E-state index contributed by atoms with van der Waals surface area (Å²) in [5.41, 5.74) is 1.16. The molecular formula is C27H24FN3O. The third kappa shape index (κ3) is 3.09. The van der Waals surface area contributed by atoms with Gasteiger partial charge in [0.25, 0.3) is 0 Å². The van der Waals surface area contributed by atoms with Crippen molar-refractivity contribution < 1.29 is 9.50 Å². The van der Waals surface area contributed by atoms with E-state index in [1.165, 1.54) is 12.1 Å². The monoisotopic (exact) mass is 425 g/mol. The Labute approximate surface area is 186 Å². The highest BCUT2D eigenvalue weighted by atomic mass is 19.1. The number of hydrogen-bond acceptors (Lipinski definition) is 3. The zero-order valence-electron chi connectivity index (χ0n) is 18.2. The second-order valence-corrected chi connectivity index (χ2v) is 9.15. The fourth-order valence-electron chi connectivity index (χ4n) is 4.38. The molecule has 3 aromatic carbocycles. The Kier molecular flexibility index (Phi) is 4.60. The first-order valence-corrected chi connectivity index (χ1v) is 10.6. The predicted molar refractivity (Wildman–Crippen MR) is 125 cm³/mol. The van der Waals surface area contributed by atoms with E-state index in [0.717, 1.165) is 32.9 Å². The van der Waals surface area contributed by atoms with Crippen LogP contribution in [0.1, 0.15) is 32.0 Å². The lowest BCUT2D eigenvalue weighted by Gasteiger charge is -2.41. The van der Waals surface area contributed by atoms with Crippen LogP contribution in [-0.2, 0) is 5.60 Å². The number of rotatable bonds is 3. The maximum absolute atomic E-state index is 13.3. The van der Waals surface area contributed by atoms with Crippen LogP contribution >= 0.6 is 0 Å². The lowest BCUT2D eigenvalue weighted by Crippen LogP contribution is -2.42. The second-order valence-electron chi connectivity index (χ2n) is 9.15. The van der Waals surface area contributed by atoms with Crippen LogP contribution in [0.2, 0.25) is 0 Å². The summed E-state index contributed by atoms with van der Waals surface area (Å²) < 4.78 is 15.1. The number of halogens is 1. The molecule has 5 aromatic rings. The summed E-state index contributed by atoms with van der Waals surface area (Å²) in [4.78, 5) is 4.66. The molecule has 0 spiro atoms. The van der Waals surface area contributed by atoms with Crippen molar-refractivity contribution >= 4 is 21.7 Å². The van der Waals surface area contributed by atoms with Crippen LogP contribution in [0.4, 0.5) is 4.39 Å². The van der Waals surface area contributed by atoms with Crippen LogP contribution < -0.4 is 0 Å². The van der Waals surface area contributed by atoms with Gasteiger partial charge in [-0.15, -0.1) is 0 Å². The second kappa shape index (κ2) is 7.24. The highest BCUT2D eigenvalue weighted by molar-refractivity contribution is 5.86. The molecule has 0 aliphatic carbocycles. The van der Waals surface area contributed by atoms with Gasteiger partial charge in [-0.3, -0.25) is 4.98 Å². The lowest BCUT2D eigenvalue weighted by molar-refractivity contribution is -0.0280. The van der Waals surface area contributed by atoms with Crippen LogP contribution in [0, 0.1) is 11.2 Å². The summed E-state index contributed by atoms with van der Waals surface area (Å²) in [6.45, 7) is 6.05. The molecule has 4 nitrogen and oxygen atoms in total. The summed E-state index contributed by atoms with van der Waals surface area (Å²) >= 11 is 0. The molecule has 0 saturated carbocycles. The highest BCUT2D eigenvalue weighted by Gasteiger charge is 2.45. The third-order valence-corrected chi connectivity index (χ3v) is 6.16. The number of hydrogen-bond donors (Lipinski definition) is 1. The van der Waals surface area contributed by atoms with Crippen molar-refractivity contribution in [2.75, 3.05) is 0 Å². The Morgan fingerprint density at radius 3 is 2.38 bits per heavy atom. The average Bonchev–Trinajstić information content (AvgIpc) is 3.21. The summed E-state index contributed by atoms with van der Waals surface area (Å²) in [7, 11) is 0. The molecule has 32 heavy (non-hydrogen) atoms. The Morgan fingerprint density at radius 2 is 1.62 bits per heavy atom. The standard InChI is InChI=1S/C27H24FN3O/c1-26(2,3)27(32,25-23-7-5-4-6-18(23)14-15-29-25)20-8-13-24-19(16-20)17-30-31(24)22-11-9-21(28)10-12-22/h4-17,32H,1-3H3. The molecule has 0 fully saturated rings. The van der Waals surface area contributed by atoms with Gasteiger partial charge in [-0.05, 0) is 53.4 Å². The zero-order chi connectivity index (χ0) is 22.5. The Hall–Kier alpha value is -3.57. The van der Waals surface area contributed by atoms with Crippen molar-refractivity contribution in [3.05, 3.63) is 102 Å². The van der Waals surface area contributed by atoms with Gasteiger partial charge in [-0.2, -0.15) is 5.10 Å². The minimum atomic E-state index is -1.33. The fourth-order valence-corrected chi connectivity index (χ4v) is 4.38. The minimum Gasteiger partial charge on any atom is -0.378 e. The Balaban J connectivity index is 1.71. The molecule has 2 aromatic heterocycles. The van der Waals surface area contributed by atoms with Crippen LogP contribution in [0.5, 0.6) is 0 Å². The topological polar surface area (TPSA) is 50.9 Å². The van der Waals surface area contributed by atoms with Crippen LogP contribution in [0.25, 0.3) is 27.4 Å². The van der Waals surface area contributed by atoms with Gasteiger partial charge in [0.05, 0.1) is 23.1 Å². The first-order valence-electron chi connectivity index (χ1n) is 10.6. The molecule has 5 rings (SSSR count). The molecule has 160 valence electrons. The van der Waals surface area contributed by atoms with E-state index in [0.29, 0.717) is 5.69 Å². The van der Waals surface area contributed by atoms with Crippen molar-refractivity contribution in [1.29, 1.82) is 0 Å². The molecule has 0 aliphatic heterocycles. The van der Waals surface area contributed by atoms with Gasteiger partial charge in [0.1, 0.15) is 11.4 Å². The normalized spacial score (nSPS) is 14.0. The molecular weight excluding hydrogens is 401 g/mol. The summed E-state index contributed by atoms with van der Waals surface area (Å²) in [6, 6.07) is 22.0. The molecule has 1 atom stereocenters. The van der Waals surface area contributed by atoms with E-state index in [-0.39, 0.29) is 5.82 Å². The molecule has 0 amide bonds. The van der Waals surface area contributed by atoms with Gasteiger partial charge in [-0.25, -0.2) is 9.07 Å². The van der Waals surface area contributed by atoms with Crippen molar-refractivity contribution in [2.45, 2.75) is 26.4 Å². The van der Waals surface area contributed by atoms with Gasteiger partial charge in [0.2, 0.25) is 0 Å². The zero-order valence-corrected chi connectivity index (χ0v) is 18.2. The summed E-state index contributed by atoms with van der Waals surface area (Å²) in [5.74, 6) is -0.287. The molecule has 0 radical (unpaired) electrons. The van der Waals surface area contributed by atoms with E-state index in [4.69, 9.17) is 0 Å². The molecule has 1 unspecified atom stereocenters. The first-order chi connectivity index (χ1) is 15.3. The molecule has 0 saturated heterocycles. The first kappa shape index (κ1) is 20.3. The maximum atomic E-state index is 13.3. The molecule has 5 heteroatoms. The minimum absolute atomic E-state index is 0.287. The largest absolute Gasteiger partial charge is 0.378 e. The van der Waals surface area contributed by atoms with E-state index in [2.05, 4.69) is 10.1 Å². The summed E-state index contributed by atoms with van der Waals surface area (Å²) in [6.07, 6.45) is 3.52. The number of nitrogens with zero attached hydrogens (tertiary/aromatic N) is 3. The molecule has 2 heterocycles. The Morgan fingerprint density at radius 1 is 0.875 bits per heavy atom. The molecule has 0 aliphatic rings. The average molecular weight is 426 g/mol. The van der Waals surface area contributed by atoms with Gasteiger partial charge in [0.15, 0.2) is 0 Å². The van der Waals surface area contributed by atoms with Gasteiger partial charge >= 0.3 is 0 Å². The van der Waals surface area contributed by atoms with Crippen molar-refractivity contribution in [3.63, 3.8) is 0 Å². The molecule has 0 bridgehead atoms. The van der Waals surface area contributed by atoms with E-state index < -0.39 is 11.0 Å². The number of benzene rings is 3. The smallest absolute Gasteiger partial charge is 0.137 e. The van der Waals surface area contributed by atoms with Crippen LogP contribution in [0.15, 0.2) is 85.2 Å². The van der Waals surface area contributed by atoms with Crippen molar-refractivity contribution in [3.8, 4) is 5.69 Å². The van der Waals surface area contributed by atoms with Crippen LogP contribution in [0.3, 0.4) is 0 Å². The Bertz CT molecular complexity index is 1430. The third-order valence-electron chi connectivity index (χ3n) is 6.16. The van der Waals surface area contributed by atoms with Crippen LogP contribution in [-0.4, -0.2) is 19.9 Å². The number of aromatic nitrogens is 3. The number of aliphatic hydroxyl groups is 1. The molecule has 1 N–H and O–H groups in total. The predicted octanol–water partition coefficient (Wildman–Crippen LogP) is 5.99. The van der Waals surface area contributed by atoms with Gasteiger partial charge < -0.3 is 5.11 Å².